The molecule has 0 bridgehead atoms. The number of rotatable bonds is 7. The van der Waals surface area contributed by atoms with Crippen LogP contribution in [0.5, 0.6) is 0 Å². The van der Waals surface area contributed by atoms with E-state index < -0.39 is 20.7 Å². The summed E-state index contributed by atoms with van der Waals surface area (Å²) >= 11 is -0.561. The summed E-state index contributed by atoms with van der Waals surface area (Å²) in [6.07, 6.45) is 4.68. The van der Waals surface area contributed by atoms with Gasteiger partial charge in [0.1, 0.15) is 11.2 Å². The lowest BCUT2D eigenvalue weighted by atomic mass is 9.94. The Balaban J connectivity index is 0.880. The number of halogens is 1. The minimum atomic E-state index is -0.561. The molecule has 2 aromatic heterocycles. The molecule has 0 spiro atoms. The van der Waals surface area contributed by atoms with Gasteiger partial charge in [0, 0.05) is 38.5 Å². The zero-order chi connectivity index (χ0) is 45.4. The number of para-hydroxylation sites is 4. The maximum atomic E-state index is 6.28. The van der Waals surface area contributed by atoms with Crippen LogP contribution < -0.4 is 4.90 Å². The van der Waals surface area contributed by atoms with Crippen molar-refractivity contribution in [3.05, 3.63) is 252 Å². The molecule has 0 fully saturated rings. The van der Waals surface area contributed by atoms with Crippen LogP contribution in [-0.4, -0.2) is 8.58 Å². The average Bonchev–Trinajstić information content (AvgIpc) is 3.97. The van der Waals surface area contributed by atoms with E-state index in [1.807, 2.05) is 12.1 Å². The normalized spacial score (nSPS) is 12.9. The monoisotopic (exact) mass is 992 g/mol. The summed E-state index contributed by atoms with van der Waals surface area (Å²) < 4.78 is 12.5. The molecule has 0 saturated heterocycles. The molecule has 0 radical (unpaired) electrons. The number of aromatic nitrogens is 1. The molecule has 324 valence electrons. The van der Waals surface area contributed by atoms with Crippen molar-refractivity contribution >= 4 is 118 Å². The molecule has 0 aliphatic carbocycles. The van der Waals surface area contributed by atoms with Crippen molar-refractivity contribution < 1.29 is 4.42 Å². The van der Waals surface area contributed by atoms with Crippen molar-refractivity contribution in [2.24, 2.45) is 0 Å². The Morgan fingerprint density at radius 2 is 0.884 bits per heavy atom. The van der Waals surface area contributed by atoms with Gasteiger partial charge < -0.3 is 13.9 Å². The van der Waals surface area contributed by atoms with Gasteiger partial charge in [-0.15, -0.1) is 0 Å². The van der Waals surface area contributed by atoms with E-state index in [1.165, 1.54) is 91.3 Å². The fourth-order valence-electron chi connectivity index (χ4n) is 10.7. The van der Waals surface area contributed by atoms with E-state index in [0.717, 1.165) is 38.9 Å². The van der Waals surface area contributed by atoms with Crippen molar-refractivity contribution in [1.29, 1.82) is 0 Å². The molecule has 0 unspecified atom stereocenters. The van der Waals surface area contributed by atoms with Crippen LogP contribution in [0.25, 0.3) is 110 Å². The fourth-order valence-corrected chi connectivity index (χ4v) is 13.2. The first-order valence-electron chi connectivity index (χ1n) is 23.4. The number of allylic oxidation sites excluding steroid dienone is 3. The van der Waals surface area contributed by atoms with Gasteiger partial charge in [0.25, 0.3) is 0 Å². The summed E-state index contributed by atoms with van der Waals surface area (Å²) in [6.45, 7) is 0. The zero-order valence-electron chi connectivity index (χ0n) is 37.4. The van der Waals surface area contributed by atoms with E-state index in [1.54, 1.807) is 0 Å². The third-order valence-electron chi connectivity index (χ3n) is 14.0. The standard InChI is InChI=1S/C65H41IN2O/c1-2-19-52-50(17-1)51-18-3-4-20-53(51)59-40-48(34-36-54(52)59)67(47-32-28-42(29-33-47)49-16-5-9-24-60(49)68-61-25-10-6-21-55(61)56-22-7-11-26-62(56)68)65-37-31-46(41-66-65)44-15-13-14-43(38-44)45-30-35-58-57-23-8-12-27-63(57)69-64(58)39-45/h1-41H. The summed E-state index contributed by atoms with van der Waals surface area (Å²) in [5, 5.41) is 12.5. The topological polar surface area (TPSA) is 21.3 Å². The number of furan rings is 1. The molecule has 11 aromatic carbocycles. The van der Waals surface area contributed by atoms with E-state index >= 15 is 0 Å². The molecule has 3 heterocycles. The summed E-state index contributed by atoms with van der Waals surface area (Å²) in [7, 11) is 0. The number of hydrogen-bond acceptors (Lipinski definition) is 2. The van der Waals surface area contributed by atoms with Crippen LogP contribution in [0.1, 0.15) is 5.56 Å². The van der Waals surface area contributed by atoms with Crippen LogP contribution in [0.2, 0.25) is 0 Å². The van der Waals surface area contributed by atoms with Gasteiger partial charge in [-0.2, -0.15) is 0 Å². The van der Waals surface area contributed by atoms with Gasteiger partial charge in [0.05, 0.1) is 20.4 Å². The Labute approximate surface area is 408 Å². The zero-order valence-corrected chi connectivity index (χ0v) is 39.5. The Bertz CT molecular complexity index is 4230. The van der Waals surface area contributed by atoms with Gasteiger partial charge in [-0.1, -0.05) is 191 Å². The van der Waals surface area contributed by atoms with Crippen LogP contribution in [0.4, 0.5) is 11.4 Å². The predicted octanol–water partition coefficient (Wildman–Crippen LogP) is 18.3. The largest absolute Gasteiger partial charge is 0.456 e. The van der Waals surface area contributed by atoms with Crippen molar-refractivity contribution in [2.45, 2.75) is 0 Å². The highest BCUT2D eigenvalue weighted by atomic mass is 127. The van der Waals surface area contributed by atoms with E-state index in [2.05, 4.69) is 244 Å². The molecule has 1 aliphatic rings. The van der Waals surface area contributed by atoms with Crippen LogP contribution in [0.15, 0.2) is 251 Å². The minimum Gasteiger partial charge on any atom is -0.456 e. The van der Waals surface area contributed by atoms with Crippen LogP contribution in [0, 0.1) is 0 Å². The molecule has 0 atom stereocenters. The van der Waals surface area contributed by atoms with Gasteiger partial charge >= 0.3 is 0 Å². The smallest absolute Gasteiger partial charge is 0.136 e. The van der Waals surface area contributed by atoms with Gasteiger partial charge in [-0.25, -0.2) is 0 Å². The lowest BCUT2D eigenvalue weighted by Crippen LogP contribution is -2.14. The maximum Gasteiger partial charge on any atom is 0.136 e. The molecule has 3 nitrogen and oxygen atoms in total. The summed E-state index contributed by atoms with van der Waals surface area (Å²) in [5.74, 6) is 0. The number of nitrogens with zero attached hydrogens (tertiary/aromatic N) is 2. The predicted molar refractivity (Wildman–Crippen MR) is 303 cm³/mol. The van der Waals surface area contributed by atoms with Crippen molar-refractivity contribution in [1.82, 2.24) is 4.57 Å². The number of anilines is 2. The molecule has 0 N–H and O–H groups in total. The third-order valence-corrected chi connectivity index (χ3v) is 16.4. The number of benzene rings is 11. The van der Waals surface area contributed by atoms with Crippen molar-refractivity contribution in [3.63, 3.8) is 0 Å². The number of fused-ring (bicyclic) bond motifs is 12. The van der Waals surface area contributed by atoms with Gasteiger partial charge in [0.15, 0.2) is 0 Å². The summed E-state index contributed by atoms with van der Waals surface area (Å²) in [6, 6.07) is 84.1. The van der Waals surface area contributed by atoms with Gasteiger partial charge in [0.2, 0.25) is 0 Å². The second-order valence-corrected chi connectivity index (χ2v) is 20.2. The lowest BCUT2D eigenvalue weighted by molar-refractivity contribution is 0.669. The first-order chi connectivity index (χ1) is 34.2. The van der Waals surface area contributed by atoms with E-state index in [4.69, 9.17) is 4.42 Å². The van der Waals surface area contributed by atoms with Gasteiger partial charge in [-0.05, 0) is 137 Å². The Hall–Kier alpha value is -8.32. The fraction of sp³-hybridized carbons (Fsp3) is 0. The molecule has 69 heavy (non-hydrogen) atoms. The minimum absolute atomic E-state index is 0.561. The maximum absolute atomic E-state index is 6.28. The highest BCUT2D eigenvalue weighted by Gasteiger charge is 2.20. The number of hydrogen-bond donors (Lipinski definition) is 0. The molecule has 0 saturated carbocycles. The second kappa shape index (κ2) is 16.2. The average molecular weight is 993 g/mol. The SMILES string of the molecule is C1=IC(N(c2ccc(-c3ccccc3-n3c4ccccc4c4ccccc43)cc2)c2ccc3c4ccccc4c4ccccc4c3c2)=CC=C1c1cccc(-c2ccc3c(c2)oc2ccccc23)c1. The van der Waals surface area contributed by atoms with Crippen LogP contribution in [0.3, 0.4) is 0 Å². The molecule has 4 heteroatoms. The Morgan fingerprint density at radius 3 is 1.59 bits per heavy atom. The molecular weight excluding hydrogens is 952 g/mol. The highest BCUT2D eigenvalue weighted by molar-refractivity contribution is 14.2. The first-order valence-corrected chi connectivity index (χ1v) is 25.8. The summed E-state index contributed by atoms with van der Waals surface area (Å²) in [5.41, 5.74) is 14.9. The van der Waals surface area contributed by atoms with Crippen LogP contribution in [-0.2, 0) is 0 Å². The van der Waals surface area contributed by atoms with Crippen molar-refractivity contribution in [2.75, 3.05) is 4.90 Å². The molecule has 1 aliphatic heterocycles. The Kier molecular flexibility index (Phi) is 9.34. The molecule has 13 aromatic rings. The lowest BCUT2D eigenvalue weighted by Gasteiger charge is -2.28. The van der Waals surface area contributed by atoms with E-state index in [0.29, 0.717) is 0 Å². The first kappa shape index (κ1) is 39.8. The Morgan fingerprint density at radius 1 is 0.348 bits per heavy atom. The highest BCUT2D eigenvalue weighted by Crippen LogP contribution is 2.44. The van der Waals surface area contributed by atoms with E-state index in [-0.39, 0.29) is 0 Å². The van der Waals surface area contributed by atoms with Gasteiger partial charge in [-0.3, -0.25) is 0 Å². The van der Waals surface area contributed by atoms with E-state index in [9.17, 15) is 0 Å². The third kappa shape index (κ3) is 6.58. The van der Waals surface area contributed by atoms with Crippen molar-refractivity contribution in [3.8, 4) is 27.9 Å². The molecule has 0 amide bonds. The molecule has 14 rings (SSSR count). The van der Waals surface area contributed by atoms with Crippen LogP contribution >= 0.6 is 20.7 Å². The summed E-state index contributed by atoms with van der Waals surface area (Å²) in [4.78, 5) is 2.50. The molecular formula is C65H41IN2O. The quantitative estimate of drug-likeness (QED) is 0.0901. The second-order valence-electron chi connectivity index (χ2n) is 17.8.